The molecule has 1 atom stereocenters. The summed E-state index contributed by atoms with van der Waals surface area (Å²) in [5.41, 5.74) is 1.19. The summed E-state index contributed by atoms with van der Waals surface area (Å²) in [5, 5.41) is 5.46. The van der Waals surface area contributed by atoms with Gasteiger partial charge in [-0.15, -0.1) is 0 Å². The summed E-state index contributed by atoms with van der Waals surface area (Å²) in [6, 6.07) is 7.09. The first-order chi connectivity index (χ1) is 11.0. The Labute approximate surface area is 141 Å². The molecule has 1 aliphatic rings. The SMILES string of the molecule is CNC(=O)NC(=O)[C@H](C)N1CCN(Cc2cccc(Cl)c2)CC1. The predicted molar refractivity (Wildman–Crippen MR) is 90.4 cm³/mol. The molecule has 0 spiro atoms. The summed E-state index contributed by atoms with van der Waals surface area (Å²) in [6.07, 6.45) is 0. The fourth-order valence-corrected chi connectivity index (χ4v) is 2.86. The Kier molecular flexibility index (Phi) is 6.38. The van der Waals surface area contributed by atoms with E-state index in [2.05, 4.69) is 26.5 Å². The first kappa shape index (κ1) is 17.7. The summed E-state index contributed by atoms with van der Waals surface area (Å²) in [4.78, 5) is 27.6. The molecule has 0 bridgehead atoms. The maximum absolute atomic E-state index is 12.0. The minimum Gasteiger partial charge on any atom is -0.341 e. The Hall–Kier alpha value is -1.63. The molecule has 0 aliphatic carbocycles. The lowest BCUT2D eigenvalue weighted by molar-refractivity contribution is -0.125. The molecule has 0 saturated carbocycles. The van der Waals surface area contributed by atoms with Gasteiger partial charge in [0.15, 0.2) is 0 Å². The minimum atomic E-state index is -0.471. The van der Waals surface area contributed by atoms with E-state index < -0.39 is 6.03 Å². The fourth-order valence-electron chi connectivity index (χ4n) is 2.65. The highest BCUT2D eigenvalue weighted by atomic mass is 35.5. The lowest BCUT2D eigenvalue weighted by Crippen LogP contribution is -2.55. The first-order valence-electron chi connectivity index (χ1n) is 7.73. The summed E-state index contributed by atoms with van der Waals surface area (Å²) in [5.74, 6) is -0.271. The predicted octanol–water partition coefficient (Wildman–Crippen LogP) is 1.30. The molecule has 0 unspecified atom stereocenters. The van der Waals surface area contributed by atoms with Crippen molar-refractivity contribution in [2.75, 3.05) is 33.2 Å². The molecule has 6 nitrogen and oxygen atoms in total. The van der Waals surface area contributed by atoms with Crippen LogP contribution in [0.2, 0.25) is 5.02 Å². The first-order valence-corrected chi connectivity index (χ1v) is 8.11. The minimum absolute atomic E-state index is 0.271. The van der Waals surface area contributed by atoms with Gasteiger partial charge in [-0.25, -0.2) is 4.79 Å². The van der Waals surface area contributed by atoms with Crippen molar-refractivity contribution in [2.45, 2.75) is 19.5 Å². The number of halogens is 1. The standard InChI is InChI=1S/C16H23ClN4O2/c1-12(15(22)19-16(23)18-2)21-8-6-20(7-9-21)11-13-4-3-5-14(17)10-13/h3-5,10,12H,6-9,11H2,1-2H3,(H2,18,19,22,23)/t12-/m0/s1. The maximum Gasteiger partial charge on any atom is 0.321 e. The van der Waals surface area contributed by atoms with Crippen LogP contribution in [0.1, 0.15) is 12.5 Å². The topological polar surface area (TPSA) is 64.7 Å². The molecule has 1 fully saturated rings. The molecule has 126 valence electrons. The third-order valence-corrected chi connectivity index (χ3v) is 4.33. The number of urea groups is 1. The zero-order chi connectivity index (χ0) is 16.8. The lowest BCUT2D eigenvalue weighted by atomic mass is 10.1. The second-order valence-corrected chi connectivity index (χ2v) is 6.12. The number of piperazine rings is 1. The average Bonchev–Trinajstić information content (AvgIpc) is 2.54. The van der Waals surface area contributed by atoms with Crippen LogP contribution < -0.4 is 10.6 Å². The Balaban J connectivity index is 1.81. The van der Waals surface area contributed by atoms with Gasteiger partial charge in [-0.1, -0.05) is 23.7 Å². The van der Waals surface area contributed by atoms with E-state index in [-0.39, 0.29) is 11.9 Å². The van der Waals surface area contributed by atoms with Gasteiger partial charge in [0.2, 0.25) is 5.91 Å². The van der Waals surface area contributed by atoms with Crippen LogP contribution in [0.5, 0.6) is 0 Å². The highest BCUT2D eigenvalue weighted by molar-refractivity contribution is 6.30. The summed E-state index contributed by atoms with van der Waals surface area (Å²) in [6.45, 7) is 6.03. The Morgan fingerprint density at radius 1 is 1.26 bits per heavy atom. The van der Waals surface area contributed by atoms with E-state index in [1.807, 2.05) is 25.1 Å². The Morgan fingerprint density at radius 3 is 2.57 bits per heavy atom. The van der Waals surface area contributed by atoms with Gasteiger partial charge in [-0.3, -0.25) is 19.9 Å². The quantitative estimate of drug-likeness (QED) is 0.868. The van der Waals surface area contributed by atoms with Crippen molar-refractivity contribution in [1.29, 1.82) is 0 Å². The van der Waals surface area contributed by atoms with Crippen molar-refractivity contribution in [2.24, 2.45) is 0 Å². The highest BCUT2D eigenvalue weighted by Gasteiger charge is 2.26. The molecule has 1 aromatic rings. The molecule has 1 aliphatic heterocycles. The number of amides is 3. The molecule has 1 heterocycles. The number of carbonyl (C=O) groups excluding carboxylic acids is 2. The van der Waals surface area contributed by atoms with Gasteiger partial charge < -0.3 is 5.32 Å². The van der Waals surface area contributed by atoms with Gasteiger partial charge in [-0.05, 0) is 24.6 Å². The molecule has 2 rings (SSSR count). The van der Waals surface area contributed by atoms with Crippen LogP contribution in [0.15, 0.2) is 24.3 Å². The summed E-state index contributed by atoms with van der Waals surface area (Å²) in [7, 11) is 1.49. The zero-order valence-corrected chi connectivity index (χ0v) is 14.3. The van der Waals surface area contributed by atoms with Gasteiger partial charge in [0.05, 0.1) is 6.04 Å². The third kappa shape index (κ3) is 5.20. The normalized spacial score (nSPS) is 17.5. The van der Waals surface area contributed by atoms with Crippen molar-refractivity contribution in [3.05, 3.63) is 34.9 Å². The molecular formula is C16H23ClN4O2. The number of rotatable bonds is 4. The number of hydrogen-bond acceptors (Lipinski definition) is 4. The van der Waals surface area contributed by atoms with Crippen molar-refractivity contribution >= 4 is 23.5 Å². The zero-order valence-electron chi connectivity index (χ0n) is 13.5. The van der Waals surface area contributed by atoms with Crippen molar-refractivity contribution in [1.82, 2.24) is 20.4 Å². The molecule has 23 heavy (non-hydrogen) atoms. The molecule has 3 amide bonds. The number of hydrogen-bond donors (Lipinski definition) is 2. The average molecular weight is 339 g/mol. The number of carbonyl (C=O) groups is 2. The van der Waals surface area contributed by atoms with E-state index in [0.717, 1.165) is 37.7 Å². The third-order valence-electron chi connectivity index (χ3n) is 4.09. The molecule has 2 N–H and O–H groups in total. The number of benzene rings is 1. The molecular weight excluding hydrogens is 316 g/mol. The lowest BCUT2D eigenvalue weighted by Gasteiger charge is -2.37. The number of nitrogens with zero attached hydrogens (tertiary/aromatic N) is 2. The van der Waals surface area contributed by atoms with E-state index in [0.29, 0.717) is 0 Å². The van der Waals surface area contributed by atoms with E-state index in [1.54, 1.807) is 0 Å². The van der Waals surface area contributed by atoms with E-state index in [1.165, 1.54) is 12.6 Å². The van der Waals surface area contributed by atoms with Crippen molar-refractivity contribution < 1.29 is 9.59 Å². The van der Waals surface area contributed by atoms with Crippen LogP contribution in [0.3, 0.4) is 0 Å². The van der Waals surface area contributed by atoms with E-state index in [4.69, 9.17) is 11.6 Å². The van der Waals surface area contributed by atoms with Gasteiger partial charge in [0.25, 0.3) is 0 Å². The van der Waals surface area contributed by atoms with Crippen molar-refractivity contribution in [3.63, 3.8) is 0 Å². The number of imide groups is 1. The fraction of sp³-hybridized carbons (Fsp3) is 0.500. The van der Waals surface area contributed by atoms with Crippen molar-refractivity contribution in [3.8, 4) is 0 Å². The van der Waals surface area contributed by atoms with E-state index >= 15 is 0 Å². The van der Waals surface area contributed by atoms with Gasteiger partial charge >= 0.3 is 6.03 Å². The number of nitrogens with one attached hydrogen (secondary N) is 2. The monoisotopic (exact) mass is 338 g/mol. The van der Waals surface area contributed by atoms with Gasteiger partial charge in [0.1, 0.15) is 0 Å². The van der Waals surface area contributed by atoms with Gasteiger partial charge in [-0.2, -0.15) is 0 Å². The van der Waals surface area contributed by atoms with Crippen LogP contribution >= 0.6 is 11.6 Å². The Morgan fingerprint density at radius 2 is 1.96 bits per heavy atom. The molecule has 1 aromatic carbocycles. The van der Waals surface area contributed by atoms with E-state index in [9.17, 15) is 9.59 Å². The van der Waals surface area contributed by atoms with Crippen LogP contribution in [0.4, 0.5) is 4.79 Å². The largest absolute Gasteiger partial charge is 0.341 e. The molecule has 0 radical (unpaired) electrons. The second kappa shape index (κ2) is 8.29. The molecule has 1 saturated heterocycles. The maximum atomic E-state index is 12.0. The Bertz CT molecular complexity index is 559. The van der Waals surface area contributed by atoms with Gasteiger partial charge in [0, 0.05) is 44.8 Å². The summed E-state index contributed by atoms with van der Waals surface area (Å²) < 4.78 is 0. The van der Waals surface area contributed by atoms with Crippen LogP contribution in [-0.2, 0) is 11.3 Å². The summed E-state index contributed by atoms with van der Waals surface area (Å²) >= 11 is 6.01. The highest BCUT2D eigenvalue weighted by Crippen LogP contribution is 2.14. The van der Waals surface area contributed by atoms with Crippen LogP contribution in [-0.4, -0.2) is 61.0 Å². The molecule has 7 heteroatoms. The molecule has 0 aromatic heterocycles. The van der Waals surface area contributed by atoms with Crippen LogP contribution in [0.25, 0.3) is 0 Å². The second-order valence-electron chi connectivity index (χ2n) is 5.69. The smallest absolute Gasteiger partial charge is 0.321 e. The van der Waals surface area contributed by atoms with Crippen LogP contribution in [0, 0.1) is 0 Å².